The number of carbonyl (C=O) groups excluding carboxylic acids is 5. The fourth-order valence-corrected chi connectivity index (χ4v) is 10.5. The first-order valence-corrected chi connectivity index (χ1v) is 25.8. The second-order valence-electron chi connectivity index (χ2n) is 17.4. The highest BCUT2D eigenvalue weighted by molar-refractivity contribution is 7.17. The van der Waals surface area contributed by atoms with E-state index in [9.17, 15) is 33.9 Å². The molecule has 6 amide bonds. The molecule has 6 aromatic rings. The summed E-state index contributed by atoms with van der Waals surface area (Å²) in [7, 11) is 1.31. The van der Waals surface area contributed by atoms with Crippen molar-refractivity contribution in [1.82, 2.24) is 51.2 Å². The van der Waals surface area contributed by atoms with E-state index in [0.29, 0.717) is 94.8 Å². The molecule has 22 heteroatoms. The molecule has 0 aromatic carbocycles. The Morgan fingerprint density at radius 1 is 0.589 bits per heavy atom. The number of nitrogens with zero attached hydrogens (tertiary/aromatic N) is 6. The summed E-state index contributed by atoms with van der Waals surface area (Å²) in [5, 5.41) is 27.6. The Hall–Kier alpha value is -7.72. The lowest BCUT2D eigenvalue weighted by Gasteiger charge is -2.22. The van der Waals surface area contributed by atoms with Gasteiger partial charge in [-0.25, -0.2) is 39.1 Å². The summed E-state index contributed by atoms with van der Waals surface area (Å²) in [6.45, 7) is 8.15. The molecule has 0 unspecified atom stereocenters. The van der Waals surface area contributed by atoms with Gasteiger partial charge in [-0.15, -0.1) is 22.7 Å². The number of aromatic carboxylic acids is 1. The van der Waals surface area contributed by atoms with Crippen LogP contribution in [0.4, 0.5) is 21.2 Å². The zero-order chi connectivity index (χ0) is 52.0. The first kappa shape index (κ1) is 53.1. The topological polar surface area (TPSA) is 281 Å². The summed E-state index contributed by atoms with van der Waals surface area (Å²) in [6.07, 6.45) is 19.8. The maximum atomic E-state index is 13.1. The third-order valence-electron chi connectivity index (χ3n) is 12.1. The van der Waals surface area contributed by atoms with Crippen molar-refractivity contribution in [1.29, 1.82) is 0 Å². The Morgan fingerprint density at radius 3 is 1.42 bits per heavy atom. The van der Waals surface area contributed by atoms with Gasteiger partial charge < -0.3 is 31.1 Å². The number of carbonyl (C=O) groups is 6. The summed E-state index contributed by atoms with van der Waals surface area (Å²) < 4.78 is 4.83. The van der Waals surface area contributed by atoms with Gasteiger partial charge in [0.05, 0.1) is 29.6 Å². The highest BCUT2D eigenvalue weighted by Gasteiger charge is 2.25. The number of methoxy groups -OCH3 is 1. The van der Waals surface area contributed by atoms with Crippen LogP contribution >= 0.6 is 22.7 Å². The quantitative estimate of drug-likeness (QED) is 0.0501. The highest BCUT2D eigenvalue weighted by atomic mass is 32.1. The molecule has 2 saturated carbocycles. The van der Waals surface area contributed by atoms with Crippen LogP contribution in [0, 0.1) is 13.8 Å². The van der Waals surface area contributed by atoms with Gasteiger partial charge in [0.2, 0.25) is 0 Å². The van der Waals surface area contributed by atoms with Gasteiger partial charge in [-0.1, -0.05) is 38.5 Å². The van der Waals surface area contributed by atoms with E-state index >= 15 is 0 Å². The number of urea groups is 2. The Balaban J connectivity index is 0.000000214. The number of aryl methyl sites for hydroxylation is 2. The first-order chi connectivity index (χ1) is 35.2. The molecule has 8 rings (SSSR count). The van der Waals surface area contributed by atoms with Gasteiger partial charge in [0.15, 0.2) is 0 Å². The van der Waals surface area contributed by atoms with Crippen LogP contribution in [0.25, 0.3) is 43.4 Å². The molecule has 0 bridgehead atoms. The van der Waals surface area contributed by atoms with Crippen LogP contribution in [0.1, 0.15) is 130 Å². The smallest absolute Gasteiger partial charge is 0.339 e. The van der Waals surface area contributed by atoms with Crippen LogP contribution in [0.3, 0.4) is 0 Å². The zero-order valence-electron chi connectivity index (χ0n) is 41.2. The van der Waals surface area contributed by atoms with E-state index in [4.69, 9.17) is 9.72 Å². The van der Waals surface area contributed by atoms with E-state index < -0.39 is 18.0 Å². The van der Waals surface area contributed by atoms with Crippen molar-refractivity contribution >= 4 is 70.1 Å². The third-order valence-corrected chi connectivity index (χ3v) is 14.5. The van der Waals surface area contributed by atoms with Crippen molar-refractivity contribution in [3.8, 4) is 43.4 Å². The van der Waals surface area contributed by atoms with Crippen molar-refractivity contribution < 1.29 is 38.6 Å². The number of nitrogens with one attached hydrogen (secondary N) is 6. The van der Waals surface area contributed by atoms with Crippen LogP contribution < -0.4 is 31.9 Å². The minimum atomic E-state index is -1.10. The molecule has 73 heavy (non-hydrogen) atoms. The van der Waals surface area contributed by atoms with Crippen molar-refractivity contribution in [2.45, 2.75) is 104 Å². The van der Waals surface area contributed by atoms with Gasteiger partial charge >= 0.3 is 24.0 Å². The number of aromatic nitrogens is 6. The average molecular weight is 1030 g/mol. The number of hydrogen-bond acceptors (Lipinski definition) is 15. The molecule has 0 radical (unpaired) electrons. The molecule has 0 aliphatic heterocycles. The predicted octanol–water partition coefficient (Wildman–Crippen LogP) is 9.04. The number of amides is 6. The van der Waals surface area contributed by atoms with Crippen LogP contribution in [0.2, 0.25) is 0 Å². The number of carboxylic acid groups (broad SMARTS) is 1. The first-order valence-electron chi connectivity index (χ1n) is 24.1. The normalized spacial score (nSPS) is 13.7. The van der Waals surface area contributed by atoms with Crippen molar-refractivity contribution in [3.63, 3.8) is 0 Å². The Bertz CT molecular complexity index is 2980. The molecule has 0 saturated heterocycles. The minimum absolute atomic E-state index is 0.0332. The van der Waals surface area contributed by atoms with E-state index in [2.05, 4.69) is 56.8 Å². The second-order valence-corrected chi connectivity index (χ2v) is 19.4. The van der Waals surface area contributed by atoms with Crippen LogP contribution in [-0.2, 0) is 4.74 Å². The highest BCUT2D eigenvalue weighted by Crippen LogP contribution is 2.39. The van der Waals surface area contributed by atoms with E-state index in [1.54, 1.807) is 43.7 Å². The molecule has 7 N–H and O–H groups in total. The average Bonchev–Trinajstić information content (AvgIpc) is 3.99. The standard InChI is InChI=1S/C26H30N6O4S.C25H28N6O4S/c1-4-28-26(35)32-21-11-19(20(14-29-21)16-10-17(13-27-12-16)25(34)36-3)24-30-15(2)22(37-24)23(33)31-18-8-6-5-7-9-18;1-3-27-25(35)31-20-10-18(19(13-28-20)15-9-16(24(33)34)12-26-11-15)23-29-14(2)21(36-23)22(32)30-17-7-5-4-6-8-17/h10-14,18H,4-9H2,1-3H3,(H,31,33)(H2,28,29,32,35);9-13,17H,3-8H2,1-2H3,(H,30,32)(H,33,34)(H2,27,28,31,35). The van der Waals surface area contributed by atoms with Crippen LogP contribution in [0.5, 0.6) is 0 Å². The number of thiazole rings is 2. The maximum absolute atomic E-state index is 13.1. The predicted molar refractivity (Wildman–Crippen MR) is 279 cm³/mol. The van der Waals surface area contributed by atoms with Crippen molar-refractivity contribution in [3.05, 3.63) is 93.7 Å². The van der Waals surface area contributed by atoms with Gasteiger partial charge in [0.1, 0.15) is 31.4 Å². The van der Waals surface area contributed by atoms with E-state index in [0.717, 1.165) is 51.4 Å². The molecule has 0 spiro atoms. The van der Waals surface area contributed by atoms with Gasteiger partial charge in [0, 0.05) is 95.7 Å². The van der Waals surface area contributed by atoms with Gasteiger partial charge in [0.25, 0.3) is 11.8 Å². The molecule has 6 heterocycles. The third kappa shape index (κ3) is 13.8. The van der Waals surface area contributed by atoms with Gasteiger partial charge in [-0.2, -0.15) is 0 Å². The fourth-order valence-electron chi connectivity index (χ4n) is 8.46. The number of pyridine rings is 4. The van der Waals surface area contributed by atoms with Gasteiger partial charge in [-0.05, 0) is 77.6 Å². The fraction of sp³-hybridized carbons (Fsp3) is 0.373. The molecule has 0 atom stereocenters. The SMILES string of the molecule is CCNC(=O)Nc1cc(-c2nc(C)c(C(=O)NC3CCCCC3)s2)c(-c2cncc(C(=O)O)c2)cn1.CCNC(=O)Nc1cc(-c2nc(C)c(C(=O)NC3CCCCC3)s2)c(-c2cncc(C(=O)OC)c2)cn1. The molecule has 6 aromatic heterocycles. The van der Waals surface area contributed by atoms with E-state index in [-0.39, 0.29) is 35.5 Å². The Labute approximate surface area is 430 Å². The number of carboxylic acids is 1. The Morgan fingerprint density at radius 2 is 1.01 bits per heavy atom. The molecule has 2 fully saturated rings. The van der Waals surface area contributed by atoms with E-state index in [1.807, 2.05) is 20.8 Å². The molecule has 2 aliphatic rings. The number of anilines is 2. The summed E-state index contributed by atoms with van der Waals surface area (Å²) in [4.78, 5) is 101. The summed E-state index contributed by atoms with van der Waals surface area (Å²) in [5.41, 5.74) is 5.18. The number of esters is 1. The molecule has 382 valence electrons. The van der Waals surface area contributed by atoms with Crippen molar-refractivity contribution in [2.75, 3.05) is 30.8 Å². The summed E-state index contributed by atoms with van der Waals surface area (Å²) in [6, 6.07) is 6.10. The zero-order valence-corrected chi connectivity index (χ0v) is 42.9. The van der Waals surface area contributed by atoms with Crippen LogP contribution in [0.15, 0.2) is 61.4 Å². The lowest BCUT2D eigenvalue weighted by Crippen LogP contribution is -2.36. The Kier molecular flexibility index (Phi) is 18.2. The monoisotopic (exact) mass is 1030 g/mol. The largest absolute Gasteiger partial charge is 0.478 e. The minimum Gasteiger partial charge on any atom is -0.478 e. The second kappa shape index (κ2) is 25.1. The maximum Gasteiger partial charge on any atom is 0.339 e. The number of rotatable bonds is 14. The summed E-state index contributed by atoms with van der Waals surface area (Å²) >= 11 is 2.53. The number of ether oxygens (including phenoxy) is 1. The lowest BCUT2D eigenvalue weighted by molar-refractivity contribution is 0.0599. The molecule has 2 aliphatic carbocycles. The number of hydrogen-bond donors (Lipinski definition) is 7. The molecular weight excluding hydrogens is 973 g/mol. The van der Waals surface area contributed by atoms with Crippen LogP contribution in [-0.4, -0.2) is 103 Å². The van der Waals surface area contributed by atoms with Crippen molar-refractivity contribution in [2.24, 2.45) is 0 Å². The lowest BCUT2D eigenvalue weighted by atomic mass is 9.95. The van der Waals surface area contributed by atoms with E-state index in [1.165, 1.54) is 67.3 Å². The summed E-state index contributed by atoms with van der Waals surface area (Å²) in [5.74, 6) is -1.26. The van der Waals surface area contributed by atoms with Gasteiger partial charge in [-0.3, -0.25) is 30.2 Å². The molecule has 20 nitrogen and oxygen atoms in total. The molecular formula is C51H58N12O8S2.